The minimum Gasteiger partial charge on any atom is -0.365 e. The number of imidazole rings is 1. The molecule has 2 heterocycles. The van der Waals surface area contributed by atoms with Crippen molar-refractivity contribution < 1.29 is 0 Å². The van der Waals surface area contributed by atoms with E-state index in [-0.39, 0.29) is 0 Å². The number of benzene rings is 1. The highest BCUT2D eigenvalue weighted by molar-refractivity contribution is 6.36. The Balaban J connectivity index is 2.00. The van der Waals surface area contributed by atoms with Gasteiger partial charge in [0, 0.05) is 22.2 Å². The third-order valence-corrected chi connectivity index (χ3v) is 3.91. The summed E-state index contributed by atoms with van der Waals surface area (Å²) in [7, 11) is 0. The third-order valence-electron chi connectivity index (χ3n) is 3.21. The molecule has 0 radical (unpaired) electrons. The lowest BCUT2D eigenvalue weighted by molar-refractivity contribution is 0.813. The maximum Gasteiger partial charge on any atom is 0.165 e. The van der Waals surface area contributed by atoms with Gasteiger partial charge >= 0.3 is 0 Å². The summed E-state index contributed by atoms with van der Waals surface area (Å²) in [5.41, 5.74) is 2.26. The van der Waals surface area contributed by atoms with Gasteiger partial charge in [0.1, 0.15) is 11.8 Å². The van der Waals surface area contributed by atoms with E-state index in [2.05, 4.69) is 26.8 Å². The third kappa shape index (κ3) is 2.77. The van der Waals surface area contributed by atoms with Crippen LogP contribution < -0.4 is 5.32 Å². The normalized spacial score (nSPS) is 10.8. The van der Waals surface area contributed by atoms with Crippen LogP contribution in [0.2, 0.25) is 10.0 Å². The topological polar surface area (TPSA) is 55.6 Å². The first-order valence-electron chi connectivity index (χ1n) is 6.64. The van der Waals surface area contributed by atoms with Crippen molar-refractivity contribution in [2.75, 3.05) is 11.9 Å². The molecule has 0 aliphatic heterocycles. The number of fused-ring (bicyclic) bond motifs is 1. The van der Waals surface area contributed by atoms with Gasteiger partial charge in [-0.3, -0.25) is 0 Å². The van der Waals surface area contributed by atoms with Crippen LogP contribution in [-0.4, -0.2) is 26.1 Å². The molecule has 1 aromatic carbocycles. The minimum absolute atomic E-state index is 0.493. The quantitative estimate of drug-likeness (QED) is 0.722. The van der Waals surface area contributed by atoms with E-state index in [0.717, 1.165) is 11.2 Å². The zero-order valence-corrected chi connectivity index (χ0v) is 13.1. The van der Waals surface area contributed by atoms with Gasteiger partial charge in [0.2, 0.25) is 0 Å². The van der Waals surface area contributed by atoms with Gasteiger partial charge in [-0.2, -0.15) is 0 Å². The number of halogens is 2. The molecule has 1 N–H and O–H groups in total. The van der Waals surface area contributed by atoms with Gasteiger partial charge in [-0.25, -0.2) is 15.0 Å². The minimum atomic E-state index is 0.493. The standard InChI is InChI=1S/C15H13Cl2N5/c1-2-6-18-14-13-15(20-8-19-14)22(9-21-13)7-10-11(16)4-3-5-12(10)17/h2-5,8-9H,1,6-7H2,(H,18,19,20). The number of anilines is 1. The second-order valence-electron chi connectivity index (χ2n) is 4.64. The van der Waals surface area contributed by atoms with E-state index >= 15 is 0 Å². The summed E-state index contributed by atoms with van der Waals surface area (Å²) < 4.78 is 1.89. The molecular formula is C15H13Cl2N5. The molecule has 2 aromatic heterocycles. The van der Waals surface area contributed by atoms with Crippen LogP contribution in [0.3, 0.4) is 0 Å². The molecule has 0 atom stereocenters. The second-order valence-corrected chi connectivity index (χ2v) is 5.45. The maximum atomic E-state index is 6.22. The van der Waals surface area contributed by atoms with Gasteiger partial charge in [0.25, 0.3) is 0 Å². The van der Waals surface area contributed by atoms with Gasteiger partial charge in [-0.15, -0.1) is 6.58 Å². The molecule has 0 spiro atoms. The van der Waals surface area contributed by atoms with E-state index in [9.17, 15) is 0 Å². The SMILES string of the molecule is C=CCNc1ncnc2c1ncn2Cc1c(Cl)cccc1Cl. The average Bonchev–Trinajstić information content (AvgIpc) is 2.93. The molecule has 112 valence electrons. The van der Waals surface area contributed by atoms with Crippen molar-refractivity contribution >= 4 is 40.2 Å². The predicted molar refractivity (Wildman–Crippen MR) is 89.6 cm³/mol. The first kappa shape index (κ1) is 14.8. The highest BCUT2D eigenvalue weighted by Gasteiger charge is 2.12. The largest absolute Gasteiger partial charge is 0.365 e. The molecule has 0 aliphatic carbocycles. The average molecular weight is 334 g/mol. The Labute approximate surface area is 137 Å². The van der Waals surface area contributed by atoms with Crippen molar-refractivity contribution in [1.82, 2.24) is 19.5 Å². The molecule has 0 fully saturated rings. The van der Waals surface area contributed by atoms with Crippen LogP contribution in [0.15, 0.2) is 43.5 Å². The molecule has 0 aliphatic rings. The van der Waals surface area contributed by atoms with E-state index in [1.54, 1.807) is 12.4 Å². The van der Waals surface area contributed by atoms with Crippen LogP contribution in [0.25, 0.3) is 11.2 Å². The summed E-state index contributed by atoms with van der Waals surface area (Å²) >= 11 is 12.4. The van der Waals surface area contributed by atoms with E-state index in [1.807, 2.05) is 22.8 Å². The fourth-order valence-electron chi connectivity index (χ4n) is 2.15. The van der Waals surface area contributed by atoms with Crippen LogP contribution in [0.5, 0.6) is 0 Å². The molecule has 0 unspecified atom stereocenters. The van der Waals surface area contributed by atoms with Gasteiger partial charge in [0.05, 0.1) is 12.9 Å². The lowest BCUT2D eigenvalue weighted by Crippen LogP contribution is -2.04. The number of hydrogen-bond acceptors (Lipinski definition) is 4. The maximum absolute atomic E-state index is 6.22. The molecule has 0 amide bonds. The molecule has 0 bridgehead atoms. The number of rotatable bonds is 5. The number of hydrogen-bond donors (Lipinski definition) is 1. The van der Waals surface area contributed by atoms with Crippen molar-refractivity contribution in [2.45, 2.75) is 6.54 Å². The van der Waals surface area contributed by atoms with Crippen LogP contribution in [-0.2, 0) is 6.54 Å². The molecule has 22 heavy (non-hydrogen) atoms. The Morgan fingerprint density at radius 1 is 1.18 bits per heavy atom. The Hall–Kier alpha value is -2.11. The highest BCUT2D eigenvalue weighted by Crippen LogP contribution is 2.26. The van der Waals surface area contributed by atoms with Crippen molar-refractivity contribution in [3.63, 3.8) is 0 Å². The van der Waals surface area contributed by atoms with Crippen molar-refractivity contribution in [3.05, 3.63) is 59.1 Å². The van der Waals surface area contributed by atoms with Gasteiger partial charge in [0.15, 0.2) is 11.5 Å². The van der Waals surface area contributed by atoms with E-state index < -0.39 is 0 Å². The van der Waals surface area contributed by atoms with Gasteiger partial charge in [-0.1, -0.05) is 35.3 Å². The summed E-state index contributed by atoms with van der Waals surface area (Å²) in [5, 5.41) is 4.38. The van der Waals surface area contributed by atoms with Crippen LogP contribution in [0, 0.1) is 0 Å². The van der Waals surface area contributed by atoms with Crippen molar-refractivity contribution in [3.8, 4) is 0 Å². The van der Waals surface area contributed by atoms with Crippen molar-refractivity contribution in [2.24, 2.45) is 0 Å². The lowest BCUT2D eigenvalue weighted by atomic mass is 10.2. The number of aromatic nitrogens is 4. The zero-order chi connectivity index (χ0) is 15.5. The fraction of sp³-hybridized carbons (Fsp3) is 0.133. The molecule has 7 heteroatoms. The zero-order valence-electron chi connectivity index (χ0n) is 11.6. The lowest BCUT2D eigenvalue weighted by Gasteiger charge is -2.08. The Morgan fingerprint density at radius 3 is 2.68 bits per heavy atom. The molecule has 0 saturated carbocycles. The summed E-state index contributed by atoms with van der Waals surface area (Å²) in [6.45, 7) is 4.77. The second kappa shape index (κ2) is 6.34. The smallest absolute Gasteiger partial charge is 0.165 e. The Kier molecular flexibility index (Phi) is 4.27. The van der Waals surface area contributed by atoms with Gasteiger partial charge in [-0.05, 0) is 12.1 Å². The van der Waals surface area contributed by atoms with Crippen LogP contribution in [0.1, 0.15) is 5.56 Å². The molecular weight excluding hydrogens is 321 g/mol. The van der Waals surface area contributed by atoms with Crippen molar-refractivity contribution in [1.29, 1.82) is 0 Å². The Morgan fingerprint density at radius 2 is 1.95 bits per heavy atom. The predicted octanol–water partition coefficient (Wildman–Crippen LogP) is 3.78. The van der Waals surface area contributed by atoms with E-state index in [0.29, 0.717) is 34.5 Å². The summed E-state index contributed by atoms with van der Waals surface area (Å²) in [6, 6.07) is 5.45. The van der Waals surface area contributed by atoms with Crippen LogP contribution >= 0.6 is 23.2 Å². The first-order valence-corrected chi connectivity index (χ1v) is 7.39. The molecule has 0 saturated heterocycles. The number of nitrogens with zero attached hydrogens (tertiary/aromatic N) is 4. The molecule has 3 aromatic rings. The monoisotopic (exact) mass is 333 g/mol. The summed E-state index contributed by atoms with van der Waals surface area (Å²) in [5.74, 6) is 0.675. The fourth-order valence-corrected chi connectivity index (χ4v) is 2.67. The molecule has 3 rings (SSSR count). The molecule has 5 nitrogen and oxygen atoms in total. The van der Waals surface area contributed by atoms with Gasteiger partial charge < -0.3 is 9.88 Å². The summed E-state index contributed by atoms with van der Waals surface area (Å²) in [4.78, 5) is 12.9. The van der Waals surface area contributed by atoms with E-state index in [1.165, 1.54) is 6.33 Å². The highest BCUT2D eigenvalue weighted by atomic mass is 35.5. The van der Waals surface area contributed by atoms with E-state index in [4.69, 9.17) is 23.2 Å². The summed E-state index contributed by atoms with van der Waals surface area (Å²) in [6.07, 6.45) is 4.96. The first-order chi connectivity index (χ1) is 10.7. The Bertz CT molecular complexity index is 808. The number of nitrogens with one attached hydrogen (secondary N) is 1. The van der Waals surface area contributed by atoms with Crippen LogP contribution in [0.4, 0.5) is 5.82 Å².